The fourth-order valence-corrected chi connectivity index (χ4v) is 3.67. The standard InChI is InChI=1S/C13H16IN3O2/c14-10-1-2-11(12(7-10)17(18)19)16-6-4-13(9-16)3-5-15-8-13/h1-2,7,15H,3-6,8-9H2. The number of nitro groups is 1. The number of anilines is 1. The smallest absolute Gasteiger partial charge is 0.293 e. The highest BCUT2D eigenvalue weighted by atomic mass is 127. The Morgan fingerprint density at radius 2 is 2.26 bits per heavy atom. The molecule has 6 heteroatoms. The summed E-state index contributed by atoms with van der Waals surface area (Å²) in [6, 6.07) is 5.50. The molecule has 3 rings (SSSR count). The molecule has 1 aromatic carbocycles. The van der Waals surface area contributed by atoms with Crippen LogP contribution in [0.2, 0.25) is 0 Å². The molecule has 5 nitrogen and oxygen atoms in total. The molecule has 19 heavy (non-hydrogen) atoms. The number of nitrogens with one attached hydrogen (secondary N) is 1. The highest BCUT2D eigenvalue weighted by Gasteiger charge is 2.41. The van der Waals surface area contributed by atoms with E-state index in [0.717, 1.165) is 41.9 Å². The number of halogens is 1. The molecule has 1 spiro atoms. The SMILES string of the molecule is O=[N+]([O-])c1cc(I)ccc1N1CCC2(CCNC2)C1. The minimum Gasteiger partial charge on any atom is -0.365 e. The Kier molecular flexibility index (Phi) is 3.38. The first kappa shape index (κ1) is 13.1. The molecule has 1 unspecified atom stereocenters. The van der Waals surface area contributed by atoms with Crippen molar-refractivity contribution < 1.29 is 4.92 Å². The zero-order valence-corrected chi connectivity index (χ0v) is 12.7. The Hall–Kier alpha value is -0.890. The molecule has 0 amide bonds. The summed E-state index contributed by atoms with van der Waals surface area (Å²) in [4.78, 5) is 13.1. The number of rotatable bonds is 2. The highest BCUT2D eigenvalue weighted by Crippen LogP contribution is 2.41. The predicted octanol–water partition coefficient (Wildman–Crippen LogP) is 2.39. The van der Waals surface area contributed by atoms with Crippen LogP contribution < -0.4 is 10.2 Å². The van der Waals surface area contributed by atoms with Crippen molar-refractivity contribution >= 4 is 34.0 Å². The molecule has 2 saturated heterocycles. The number of nitrogens with zero attached hydrogens (tertiary/aromatic N) is 2. The van der Waals surface area contributed by atoms with Crippen molar-refractivity contribution in [2.45, 2.75) is 12.8 Å². The molecule has 1 aromatic rings. The van der Waals surface area contributed by atoms with Gasteiger partial charge in [-0.15, -0.1) is 0 Å². The van der Waals surface area contributed by atoms with E-state index in [1.165, 1.54) is 6.42 Å². The topological polar surface area (TPSA) is 58.4 Å². The van der Waals surface area contributed by atoms with Gasteiger partial charge in [0, 0.05) is 34.7 Å². The molecular formula is C13H16IN3O2. The lowest BCUT2D eigenvalue weighted by Gasteiger charge is -2.23. The first-order valence-corrected chi connectivity index (χ1v) is 7.57. The molecule has 2 aliphatic rings. The Labute approximate surface area is 125 Å². The average Bonchev–Trinajstić information content (AvgIpc) is 3.00. The van der Waals surface area contributed by atoms with Gasteiger partial charge in [-0.05, 0) is 54.1 Å². The van der Waals surface area contributed by atoms with Gasteiger partial charge in [-0.25, -0.2) is 0 Å². The average molecular weight is 373 g/mol. The van der Waals surface area contributed by atoms with E-state index < -0.39 is 0 Å². The van der Waals surface area contributed by atoms with Crippen LogP contribution in [-0.2, 0) is 0 Å². The van der Waals surface area contributed by atoms with E-state index in [2.05, 4.69) is 32.8 Å². The normalized spacial score (nSPS) is 26.3. The summed E-state index contributed by atoms with van der Waals surface area (Å²) in [5.74, 6) is 0. The molecular weight excluding hydrogens is 357 g/mol. The first-order chi connectivity index (χ1) is 9.10. The van der Waals surface area contributed by atoms with E-state index in [9.17, 15) is 10.1 Å². The molecule has 2 heterocycles. The largest absolute Gasteiger partial charge is 0.365 e. The third kappa shape index (κ3) is 2.43. The molecule has 0 bridgehead atoms. The summed E-state index contributed by atoms with van der Waals surface area (Å²) >= 11 is 2.12. The lowest BCUT2D eigenvalue weighted by atomic mass is 9.86. The zero-order valence-electron chi connectivity index (χ0n) is 10.6. The second-order valence-corrected chi connectivity index (χ2v) is 6.73. The van der Waals surface area contributed by atoms with Crippen molar-refractivity contribution in [3.05, 3.63) is 31.9 Å². The van der Waals surface area contributed by atoms with Crippen molar-refractivity contribution in [3.63, 3.8) is 0 Å². The molecule has 0 radical (unpaired) electrons. The fourth-order valence-electron chi connectivity index (χ4n) is 3.19. The van der Waals surface area contributed by atoms with E-state index in [-0.39, 0.29) is 10.6 Å². The fraction of sp³-hybridized carbons (Fsp3) is 0.538. The summed E-state index contributed by atoms with van der Waals surface area (Å²) in [5.41, 5.74) is 1.33. The first-order valence-electron chi connectivity index (χ1n) is 6.49. The van der Waals surface area contributed by atoms with E-state index in [1.54, 1.807) is 6.07 Å². The number of hydrogen-bond donors (Lipinski definition) is 1. The molecule has 1 atom stereocenters. The molecule has 1 N–H and O–H groups in total. The monoisotopic (exact) mass is 373 g/mol. The summed E-state index contributed by atoms with van der Waals surface area (Å²) in [5, 5.41) is 14.6. The lowest BCUT2D eigenvalue weighted by molar-refractivity contribution is -0.384. The maximum atomic E-state index is 11.2. The van der Waals surface area contributed by atoms with Gasteiger partial charge < -0.3 is 10.2 Å². The quantitative estimate of drug-likeness (QED) is 0.492. The van der Waals surface area contributed by atoms with Crippen LogP contribution in [0.5, 0.6) is 0 Å². The van der Waals surface area contributed by atoms with Crippen LogP contribution in [0.4, 0.5) is 11.4 Å². The van der Waals surface area contributed by atoms with Crippen LogP contribution in [-0.4, -0.2) is 31.1 Å². The number of benzene rings is 1. The Morgan fingerprint density at radius 3 is 2.95 bits per heavy atom. The third-order valence-electron chi connectivity index (χ3n) is 4.25. The van der Waals surface area contributed by atoms with Gasteiger partial charge in [-0.2, -0.15) is 0 Å². The molecule has 2 fully saturated rings. The van der Waals surface area contributed by atoms with Crippen molar-refractivity contribution in [2.75, 3.05) is 31.1 Å². The second-order valence-electron chi connectivity index (χ2n) is 5.49. The zero-order chi connectivity index (χ0) is 13.5. The van der Waals surface area contributed by atoms with Crippen LogP contribution in [0.1, 0.15) is 12.8 Å². The van der Waals surface area contributed by atoms with Crippen LogP contribution in [0.3, 0.4) is 0 Å². The van der Waals surface area contributed by atoms with E-state index in [0.29, 0.717) is 5.41 Å². The van der Waals surface area contributed by atoms with Gasteiger partial charge in [0.15, 0.2) is 0 Å². The van der Waals surface area contributed by atoms with E-state index >= 15 is 0 Å². The van der Waals surface area contributed by atoms with Crippen molar-refractivity contribution in [2.24, 2.45) is 5.41 Å². The van der Waals surface area contributed by atoms with Gasteiger partial charge in [0.2, 0.25) is 0 Å². The van der Waals surface area contributed by atoms with Crippen LogP contribution >= 0.6 is 22.6 Å². The highest BCUT2D eigenvalue weighted by molar-refractivity contribution is 14.1. The van der Waals surface area contributed by atoms with Gasteiger partial charge in [-0.3, -0.25) is 10.1 Å². The van der Waals surface area contributed by atoms with Gasteiger partial charge in [0.1, 0.15) is 5.69 Å². The minimum atomic E-state index is -0.268. The van der Waals surface area contributed by atoms with Gasteiger partial charge in [0.05, 0.1) is 4.92 Å². The van der Waals surface area contributed by atoms with Crippen LogP contribution in [0, 0.1) is 19.1 Å². The minimum absolute atomic E-state index is 0.231. The van der Waals surface area contributed by atoms with E-state index in [4.69, 9.17) is 0 Å². The third-order valence-corrected chi connectivity index (χ3v) is 4.92. The summed E-state index contributed by atoms with van der Waals surface area (Å²) in [7, 11) is 0. The summed E-state index contributed by atoms with van der Waals surface area (Å²) in [6.07, 6.45) is 2.31. The van der Waals surface area contributed by atoms with Crippen LogP contribution in [0.25, 0.3) is 0 Å². The lowest BCUT2D eigenvalue weighted by Crippen LogP contribution is -2.29. The number of hydrogen-bond acceptors (Lipinski definition) is 4. The van der Waals surface area contributed by atoms with Gasteiger partial charge in [0.25, 0.3) is 5.69 Å². The molecule has 0 aromatic heterocycles. The van der Waals surface area contributed by atoms with Crippen molar-refractivity contribution in [3.8, 4) is 0 Å². The molecule has 0 aliphatic carbocycles. The second kappa shape index (κ2) is 4.90. The Bertz CT molecular complexity index is 515. The molecule has 0 saturated carbocycles. The summed E-state index contributed by atoms with van der Waals surface area (Å²) in [6.45, 7) is 3.97. The van der Waals surface area contributed by atoms with Gasteiger partial charge >= 0.3 is 0 Å². The van der Waals surface area contributed by atoms with Crippen LogP contribution in [0.15, 0.2) is 18.2 Å². The Morgan fingerprint density at radius 1 is 1.42 bits per heavy atom. The summed E-state index contributed by atoms with van der Waals surface area (Å²) < 4.78 is 0.907. The van der Waals surface area contributed by atoms with Gasteiger partial charge in [-0.1, -0.05) is 0 Å². The molecule has 102 valence electrons. The Balaban J connectivity index is 1.89. The van der Waals surface area contributed by atoms with Crippen molar-refractivity contribution in [1.82, 2.24) is 5.32 Å². The van der Waals surface area contributed by atoms with E-state index in [1.807, 2.05) is 12.1 Å². The number of nitro benzene ring substituents is 1. The maximum absolute atomic E-state index is 11.2. The maximum Gasteiger partial charge on any atom is 0.293 e. The van der Waals surface area contributed by atoms with Crippen molar-refractivity contribution in [1.29, 1.82) is 0 Å². The predicted molar refractivity (Wildman–Crippen MR) is 82.6 cm³/mol. The molecule has 2 aliphatic heterocycles.